The maximum Gasteiger partial charge on any atom is 0.204 e. The Bertz CT molecular complexity index is 1170. The summed E-state index contributed by atoms with van der Waals surface area (Å²) < 4.78 is 17.5. The predicted molar refractivity (Wildman–Crippen MR) is 127 cm³/mol. The van der Waals surface area contributed by atoms with Gasteiger partial charge in [-0.3, -0.25) is 4.79 Å². The lowest BCUT2D eigenvalue weighted by molar-refractivity contribution is 0.309. The first-order valence-corrected chi connectivity index (χ1v) is 11.4. The fourth-order valence-corrected chi connectivity index (χ4v) is 4.05. The first-order valence-electron chi connectivity index (χ1n) is 11.4. The number of phenols is 2. The van der Waals surface area contributed by atoms with Crippen LogP contribution in [0.4, 0.5) is 0 Å². The smallest absolute Gasteiger partial charge is 0.204 e. The first kappa shape index (κ1) is 23.8. The number of ether oxygens (including phenoxy) is 2. The lowest BCUT2D eigenvalue weighted by Crippen LogP contribution is -2.10. The number of aryl methyl sites for hydroxylation is 1. The summed E-state index contributed by atoms with van der Waals surface area (Å²) in [6, 6.07) is 3.07. The van der Waals surface area contributed by atoms with Crippen molar-refractivity contribution in [2.75, 3.05) is 13.7 Å². The van der Waals surface area contributed by atoms with Crippen LogP contribution in [0.15, 0.2) is 21.3 Å². The average Bonchev–Trinajstić information content (AvgIpc) is 2.71. The second-order valence-corrected chi connectivity index (χ2v) is 9.08. The van der Waals surface area contributed by atoms with Crippen molar-refractivity contribution in [1.82, 2.24) is 0 Å². The summed E-state index contributed by atoms with van der Waals surface area (Å²) in [7, 11) is 1.56. The highest BCUT2D eigenvalue weighted by molar-refractivity contribution is 5.97. The number of fused-ring (bicyclic) bond motifs is 2. The molecule has 0 saturated carbocycles. The Balaban J connectivity index is 2.38. The molecule has 6 heteroatoms. The van der Waals surface area contributed by atoms with Crippen molar-refractivity contribution in [3.05, 3.63) is 33.5 Å². The second kappa shape index (κ2) is 9.72. The minimum absolute atomic E-state index is 0.0725. The van der Waals surface area contributed by atoms with Gasteiger partial charge >= 0.3 is 0 Å². The fourth-order valence-electron chi connectivity index (χ4n) is 4.05. The van der Waals surface area contributed by atoms with Crippen molar-refractivity contribution in [3.8, 4) is 23.0 Å². The number of aromatic hydroxyl groups is 2. The van der Waals surface area contributed by atoms with Gasteiger partial charge in [0.2, 0.25) is 5.43 Å². The Morgan fingerprint density at radius 1 is 0.938 bits per heavy atom. The highest BCUT2D eigenvalue weighted by Crippen LogP contribution is 2.41. The molecule has 6 nitrogen and oxygen atoms in total. The van der Waals surface area contributed by atoms with Gasteiger partial charge < -0.3 is 24.1 Å². The van der Waals surface area contributed by atoms with Gasteiger partial charge in [-0.2, -0.15) is 0 Å². The maximum absolute atomic E-state index is 13.7. The van der Waals surface area contributed by atoms with Gasteiger partial charge in [-0.1, -0.05) is 27.7 Å². The van der Waals surface area contributed by atoms with Crippen LogP contribution in [0.3, 0.4) is 0 Å². The third-order valence-electron chi connectivity index (χ3n) is 5.78. The van der Waals surface area contributed by atoms with Crippen LogP contribution in [-0.4, -0.2) is 23.9 Å². The number of hydrogen-bond donors (Lipinski definition) is 2. The van der Waals surface area contributed by atoms with Gasteiger partial charge in [-0.15, -0.1) is 0 Å². The Morgan fingerprint density at radius 2 is 1.53 bits per heavy atom. The van der Waals surface area contributed by atoms with E-state index in [4.69, 9.17) is 13.9 Å². The monoisotopic (exact) mass is 442 g/mol. The van der Waals surface area contributed by atoms with Crippen molar-refractivity contribution in [1.29, 1.82) is 0 Å². The molecule has 0 bridgehead atoms. The van der Waals surface area contributed by atoms with Gasteiger partial charge in [-0.05, 0) is 44.4 Å². The molecule has 0 spiro atoms. The minimum atomic E-state index is -0.329. The summed E-state index contributed by atoms with van der Waals surface area (Å²) in [4.78, 5) is 13.7. The zero-order valence-electron chi connectivity index (χ0n) is 19.9. The van der Waals surface area contributed by atoms with Gasteiger partial charge in [0.25, 0.3) is 0 Å². The molecule has 32 heavy (non-hydrogen) atoms. The SMILES string of the molecule is CCOc1cc2oc3cc(O)c(CCC(C)C)c(O)c3c(=O)c2c(CCC(C)C)c1OC. The molecule has 0 fully saturated rings. The van der Waals surface area contributed by atoms with Crippen LogP contribution < -0.4 is 14.9 Å². The largest absolute Gasteiger partial charge is 0.507 e. The summed E-state index contributed by atoms with van der Waals surface area (Å²) in [5.74, 6) is 1.55. The molecule has 2 N–H and O–H groups in total. The molecule has 3 aromatic rings. The molecule has 0 radical (unpaired) electrons. The number of phenolic OH excluding ortho intramolecular Hbond substituents is 2. The standard InChI is InChI=1S/C26H34O6/c1-7-31-21-13-20-22(17(26(21)30-6)11-9-15(4)5)25(29)23-19(32-20)12-18(27)16(24(23)28)10-8-14(2)3/h12-15,27-28H,7-11H2,1-6H3. The highest BCUT2D eigenvalue weighted by Gasteiger charge is 2.24. The summed E-state index contributed by atoms with van der Waals surface area (Å²) in [6.45, 7) is 10.7. The number of benzene rings is 2. The van der Waals surface area contributed by atoms with E-state index in [2.05, 4.69) is 27.7 Å². The fraction of sp³-hybridized carbons (Fsp3) is 0.500. The van der Waals surface area contributed by atoms with Gasteiger partial charge in [0, 0.05) is 23.3 Å². The van der Waals surface area contributed by atoms with E-state index >= 15 is 0 Å². The summed E-state index contributed by atoms with van der Waals surface area (Å²) in [5.41, 5.74) is 1.26. The number of methoxy groups -OCH3 is 1. The summed E-state index contributed by atoms with van der Waals surface area (Å²) in [5, 5.41) is 22.0. The molecule has 1 heterocycles. The van der Waals surface area contributed by atoms with Crippen LogP contribution in [0, 0.1) is 11.8 Å². The van der Waals surface area contributed by atoms with Crippen LogP contribution in [0.5, 0.6) is 23.0 Å². The van der Waals surface area contributed by atoms with E-state index in [1.165, 1.54) is 6.07 Å². The van der Waals surface area contributed by atoms with E-state index in [-0.39, 0.29) is 27.9 Å². The molecule has 1 aromatic heterocycles. The van der Waals surface area contributed by atoms with Gasteiger partial charge in [0.15, 0.2) is 11.5 Å². The molecule has 2 aromatic carbocycles. The zero-order valence-corrected chi connectivity index (χ0v) is 19.9. The third-order valence-corrected chi connectivity index (χ3v) is 5.78. The average molecular weight is 443 g/mol. The number of rotatable bonds is 9. The predicted octanol–water partition coefficient (Wildman–Crippen LogP) is 5.94. The Hall–Kier alpha value is -2.89. The Kier molecular flexibility index (Phi) is 7.22. The van der Waals surface area contributed by atoms with Crippen LogP contribution >= 0.6 is 0 Å². The maximum atomic E-state index is 13.7. The molecule has 3 rings (SSSR count). The number of hydrogen-bond acceptors (Lipinski definition) is 6. The first-order chi connectivity index (χ1) is 15.2. The molecular weight excluding hydrogens is 408 g/mol. The summed E-state index contributed by atoms with van der Waals surface area (Å²) >= 11 is 0. The Labute approximate surface area is 188 Å². The zero-order chi connectivity index (χ0) is 23.6. The molecule has 0 unspecified atom stereocenters. The van der Waals surface area contributed by atoms with Crippen LogP contribution in [0.1, 0.15) is 58.6 Å². The quantitative estimate of drug-likeness (QED) is 0.399. The van der Waals surface area contributed by atoms with Crippen molar-refractivity contribution in [2.45, 2.75) is 60.3 Å². The van der Waals surface area contributed by atoms with Crippen molar-refractivity contribution in [3.63, 3.8) is 0 Å². The third kappa shape index (κ3) is 4.50. The van der Waals surface area contributed by atoms with E-state index < -0.39 is 0 Å². The van der Waals surface area contributed by atoms with E-state index in [0.29, 0.717) is 64.9 Å². The van der Waals surface area contributed by atoms with E-state index in [0.717, 1.165) is 12.8 Å². The lowest BCUT2D eigenvalue weighted by atomic mass is 9.95. The lowest BCUT2D eigenvalue weighted by Gasteiger charge is -2.18. The molecule has 0 aliphatic carbocycles. The van der Waals surface area contributed by atoms with Gasteiger partial charge in [0.05, 0.1) is 19.1 Å². The molecule has 174 valence electrons. The van der Waals surface area contributed by atoms with Crippen molar-refractivity contribution < 1.29 is 24.1 Å². The van der Waals surface area contributed by atoms with E-state index in [1.54, 1.807) is 13.2 Å². The normalized spacial score (nSPS) is 11.8. The molecular formula is C26H34O6. The van der Waals surface area contributed by atoms with Crippen molar-refractivity contribution >= 4 is 21.9 Å². The Morgan fingerprint density at radius 3 is 2.09 bits per heavy atom. The minimum Gasteiger partial charge on any atom is -0.507 e. The van der Waals surface area contributed by atoms with Crippen LogP contribution in [-0.2, 0) is 12.8 Å². The van der Waals surface area contributed by atoms with Gasteiger partial charge in [0.1, 0.15) is 28.1 Å². The van der Waals surface area contributed by atoms with Crippen LogP contribution in [0.2, 0.25) is 0 Å². The van der Waals surface area contributed by atoms with E-state index in [1.807, 2.05) is 6.92 Å². The van der Waals surface area contributed by atoms with Gasteiger partial charge in [-0.25, -0.2) is 0 Å². The van der Waals surface area contributed by atoms with Crippen LogP contribution in [0.25, 0.3) is 21.9 Å². The molecule has 0 saturated heterocycles. The molecule has 0 amide bonds. The molecule has 0 atom stereocenters. The van der Waals surface area contributed by atoms with E-state index in [9.17, 15) is 15.0 Å². The second-order valence-electron chi connectivity index (χ2n) is 9.08. The topological polar surface area (TPSA) is 89.1 Å². The molecule has 0 aliphatic heterocycles. The summed E-state index contributed by atoms with van der Waals surface area (Å²) in [6.07, 6.45) is 2.69. The van der Waals surface area contributed by atoms with Crippen molar-refractivity contribution in [2.24, 2.45) is 11.8 Å². The molecule has 0 aliphatic rings. The highest BCUT2D eigenvalue weighted by atomic mass is 16.5.